The van der Waals surface area contributed by atoms with E-state index in [2.05, 4.69) is 10.6 Å². The van der Waals surface area contributed by atoms with E-state index in [0.717, 1.165) is 5.56 Å². The monoisotopic (exact) mass is 300 g/mol. The fourth-order valence-corrected chi connectivity index (χ4v) is 2.49. The van der Waals surface area contributed by atoms with Gasteiger partial charge in [0.25, 0.3) is 0 Å². The van der Waals surface area contributed by atoms with Crippen LogP contribution in [-0.2, 0) is 4.79 Å². The summed E-state index contributed by atoms with van der Waals surface area (Å²) in [6.07, 6.45) is 6.68. The van der Waals surface area contributed by atoms with E-state index in [9.17, 15) is 14.7 Å². The maximum atomic E-state index is 12.2. The predicted octanol–water partition coefficient (Wildman–Crippen LogP) is 2.63. The van der Waals surface area contributed by atoms with Gasteiger partial charge in [-0.3, -0.25) is 4.79 Å². The van der Waals surface area contributed by atoms with Crippen LogP contribution in [0.15, 0.2) is 54.6 Å². The van der Waals surface area contributed by atoms with Crippen molar-refractivity contribution in [2.45, 2.75) is 25.4 Å². The summed E-state index contributed by atoms with van der Waals surface area (Å²) in [5.74, 6) is -1.77. The predicted molar refractivity (Wildman–Crippen MR) is 84.3 cm³/mol. The van der Waals surface area contributed by atoms with Gasteiger partial charge in [0, 0.05) is 0 Å². The summed E-state index contributed by atoms with van der Waals surface area (Å²) in [5.41, 5.74) is 0.0258. The van der Waals surface area contributed by atoms with Crippen molar-refractivity contribution < 1.29 is 14.7 Å². The molecule has 116 valence electrons. The number of carboxylic acid groups (broad SMARTS) is 1. The molecule has 0 radical (unpaired) electrons. The third-order valence-corrected chi connectivity index (χ3v) is 3.80. The number of amides is 2. The van der Waals surface area contributed by atoms with E-state index in [1.54, 1.807) is 31.2 Å². The fraction of sp³-hybridized carbons (Fsp3) is 0.294. The summed E-state index contributed by atoms with van der Waals surface area (Å²) < 4.78 is 0. The van der Waals surface area contributed by atoms with Crippen molar-refractivity contribution in [2.24, 2.45) is 5.92 Å². The first kappa shape index (κ1) is 15.8. The molecule has 0 aromatic heterocycles. The highest BCUT2D eigenvalue weighted by molar-refractivity contribution is 5.80. The molecule has 0 bridgehead atoms. The molecule has 0 aliphatic heterocycles. The van der Waals surface area contributed by atoms with Crippen LogP contribution in [0.3, 0.4) is 0 Å². The van der Waals surface area contributed by atoms with Gasteiger partial charge in [-0.1, -0.05) is 54.6 Å². The second-order valence-electron chi connectivity index (χ2n) is 5.57. The molecule has 2 rings (SSSR count). The maximum Gasteiger partial charge on any atom is 0.315 e. The molecule has 3 unspecified atom stereocenters. The third kappa shape index (κ3) is 3.55. The molecular weight excluding hydrogens is 280 g/mol. The second kappa shape index (κ2) is 6.47. The maximum absolute atomic E-state index is 12.2. The minimum atomic E-state index is -0.973. The van der Waals surface area contributed by atoms with Gasteiger partial charge in [0.1, 0.15) is 5.92 Å². The zero-order valence-corrected chi connectivity index (χ0v) is 12.6. The lowest BCUT2D eigenvalue weighted by Gasteiger charge is -2.34. The van der Waals surface area contributed by atoms with Crippen LogP contribution in [0.1, 0.15) is 25.5 Å². The lowest BCUT2D eigenvalue weighted by Crippen LogP contribution is -2.55. The Morgan fingerprint density at radius 3 is 2.55 bits per heavy atom. The van der Waals surface area contributed by atoms with Gasteiger partial charge < -0.3 is 15.7 Å². The van der Waals surface area contributed by atoms with Gasteiger partial charge in [-0.15, -0.1) is 0 Å². The Hall–Kier alpha value is -2.56. The number of aliphatic carboxylic acids is 1. The number of carbonyl (C=O) groups excluding carboxylic acids is 1. The summed E-state index contributed by atoms with van der Waals surface area (Å²) in [5, 5.41) is 14.9. The van der Waals surface area contributed by atoms with Crippen LogP contribution >= 0.6 is 0 Å². The van der Waals surface area contributed by atoms with Crippen LogP contribution in [0, 0.1) is 5.92 Å². The van der Waals surface area contributed by atoms with Crippen molar-refractivity contribution in [3.05, 3.63) is 60.2 Å². The number of hydrogen-bond acceptors (Lipinski definition) is 2. The summed E-state index contributed by atoms with van der Waals surface area (Å²) in [6.45, 7) is 3.57. The van der Waals surface area contributed by atoms with Crippen LogP contribution in [0.2, 0.25) is 0 Å². The summed E-state index contributed by atoms with van der Waals surface area (Å²) in [4.78, 5) is 23.5. The lowest BCUT2D eigenvalue weighted by molar-refractivity contribution is -0.141. The topological polar surface area (TPSA) is 78.4 Å². The van der Waals surface area contributed by atoms with Crippen LogP contribution in [0.4, 0.5) is 4.79 Å². The molecule has 0 spiro atoms. The number of nitrogens with one attached hydrogen (secondary N) is 2. The number of benzene rings is 1. The van der Waals surface area contributed by atoms with E-state index in [1.165, 1.54) is 0 Å². The minimum Gasteiger partial charge on any atom is -0.481 e. The average Bonchev–Trinajstić information content (AvgIpc) is 2.47. The smallest absolute Gasteiger partial charge is 0.315 e. The highest BCUT2D eigenvalue weighted by atomic mass is 16.4. The molecule has 5 nitrogen and oxygen atoms in total. The zero-order valence-electron chi connectivity index (χ0n) is 12.6. The summed E-state index contributed by atoms with van der Waals surface area (Å²) >= 11 is 0. The van der Waals surface area contributed by atoms with Gasteiger partial charge in [0.15, 0.2) is 0 Å². The quantitative estimate of drug-likeness (QED) is 0.800. The number of carboxylic acids is 1. The normalized spacial score (nSPS) is 24.5. The van der Waals surface area contributed by atoms with Crippen molar-refractivity contribution in [1.82, 2.24) is 10.6 Å². The molecule has 0 fully saturated rings. The Bertz CT molecular complexity index is 610. The molecule has 0 saturated carbocycles. The molecule has 2 amide bonds. The van der Waals surface area contributed by atoms with Crippen LogP contribution in [-0.4, -0.2) is 22.6 Å². The number of hydrogen-bond donors (Lipinski definition) is 3. The molecule has 0 saturated heterocycles. The van der Waals surface area contributed by atoms with Crippen LogP contribution in [0.5, 0.6) is 0 Å². The van der Waals surface area contributed by atoms with Gasteiger partial charge in [-0.2, -0.15) is 0 Å². The van der Waals surface area contributed by atoms with Crippen molar-refractivity contribution in [3.8, 4) is 0 Å². The molecule has 1 aliphatic rings. The third-order valence-electron chi connectivity index (χ3n) is 3.80. The molecule has 3 atom stereocenters. The molecule has 22 heavy (non-hydrogen) atoms. The highest BCUT2D eigenvalue weighted by Gasteiger charge is 2.38. The number of rotatable bonds is 4. The number of allylic oxidation sites excluding steroid dienone is 2. The molecule has 1 aromatic carbocycles. The van der Waals surface area contributed by atoms with E-state index in [1.807, 2.05) is 37.3 Å². The van der Waals surface area contributed by atoms with E-state index in [4.69, 9.17) is 0 Å². The lowest BCUT2D eigenvalue weighted by atomic mass is 9.82. The second-order valence-corrected chi connectivity index (χ2v) is 5.57. The largest absolute Gasteiger partial charge is 0.481 e. The van der Waals surface area contributed by atoms with Gasteiger partial charge >= 0.3 is 12.0 Å². The van der Waals surface area contributed by atoms with Gasteiger partial charge in [-0.05, 0) is 19.4 Å². The number of urea groups is 1. The van der Waals surface area contributed by atoms with Gasteiger partial charge in [0.2, 0.25) is 0 Å². The van der Waals surface area contributed by atoms with E-state index in [0.29, 0.717) is 0 Å². The Morgan fingerprint density at radius 2 is 1.91 bits per heavy atom. The highest BCUT2D eigenvalue weighted by Crippen LogP contribution is 2.24. The van der Waals surface area contributed by atoms with Crippen molar-refractivity contribution in [1.29, 1.82) is 0 Å². The first-order chi connectivity index (χ1) is 10.4. The first-order valence-electron chi connectivity index (χ1n) is 7.15. The van der Waals surface area contributed by atoms with E-state index < -0.39 is 23.5 Å². The van der Waals surface area contributed by atoms with Crippen molar-refractivity contribution >= 4 is 12.0 Å². The molecule has 1 aromatic rings. The molecule has 5 heteroatoms. The average molecular weight is 300 g/mol. The first-order valence-corrected chi connectivity index (χ1v) is 7.15. The SMILES string of the molecule is CC(NC(=O)NC1(C)C=CC=CC1C(=O)O)c1ccccc1. The van der Waals surface area contributed by atoms with Crippen molar-refractivity contribution in [3.63, 3.8) is 0 Å². The molecule has 1 aliphatic carbocycles. The Balaban J connectivity index is 2.03. The minimum absolute atomic E-state index is 0.170. The van der Waals surface area contributed by atoms with E-state index in [-0.39, 0.29) is 6.04 Å². The molecule has 0 heterocycles. The summed E-state index contributed by atoms with van der Waals surface area (Å²) in [7, 11) is 0. The van der Waals surface area contributed by atoms with Crippen molar-refractivity contribution in [2.75, 3.05) is 0 Å². The van der Waals surface area contributed by atoms with E-state index >= 15 is 0 Å². The zero-order chi connectivity index (χ0) is 16.2. The molecular formula is C17H20N2O3. The Morgan fingerprint density at radius 1 is 1.23 bits per heavy atom. The number of carbonyl (C=O) groups is 2. The standard InChI is InChI=1S/C17H20N2O3/c1-12(13-8-4-3-5-9-13)18-16(22)19-17(2)11-7-6-10-14(17)15(20)21/h3-12,14H,1-2H3,(H,20,21)(H2,18,19,22). The van der Waals surface area contributed by atoms with Gasteiger partial charge in [0.05, 0.1) is 11.6 Å². The Kier molecular flexibility index (Phi) is 4.65. The fourth-order valence-electron chi connectivity index (χ4n) is 2.49. The van der Waals surface area contributed by atoms with Crippen LogP contribution < -0.4 is 10.6 Å². The Labute approximate surface area is 129 Å². The summed E-state index contributed by atoms with van der Waals surface area (Å²) in [6, 6.07) is 9.00. The van der Waals surface area contributed by atoms with Crippen LogP contribution in [0.25, 0.3) is 0 Å². The van der Waals surface area contributed by atoms with Gasteiger partial charge in [-0.25, -0.2) is 4.79 Å². The molecule has 3 N–H and O–H groups in total.